The minimum absolute atomic E-state index is 0.374. The Morgan fingerprint density at radius 3 is 2.24 bits per heavy atom. The van der Waals surface area contributed by atoms with Crippen LogP contribution in [0.5, 0.6) is 0 Å². The molecule has 1 aromatic rings. The summed E-state index contributed by atoms with van der Waals surface area (Å²) in [5.74, 6) is 0.793. The Labute approximate surface area is 133 Å². The molecule has 0 amide bonds. The van der Waals surface area contributed by atoms with Gasteiger partial charge in [0.1, 0.15) is 6.33 Å². The lowest BCUT2D eigenvalue weighted by Gasteiger charge is -2.34. The third kappa shape index (κ3) is 4.63. The molecule has 6 heteroatoms. The minimum atomic E-state index is 0.374. The number of hydrogen-bond donors (Lipinski definition) is 0. The Balaban J connectivity index is 1.82. The second-order valence-corrected chi connectivity index (χ2v) is 7.06. The summed E-state index contributed by atoms with van der Waals surface area (Å²) in [5.41, 5.74) is 0. The van der Waals surface area contributed by atoms with E-state index in [-0.39, 0.29) is 0 Å². The molecule has 0 saturated carbocycles. The number of piperazine rings is 1. The average molecular weight is 311 g/mol. The first-order valence-corrected chi connectivity index (χ1v) is 8.47. The van der Waals surface area contributed by atoms with E-state index < -0.39 is 0 Å². The van der Waals surface area contributed by atoms with Gasteiger partial charge in [0.05, 0.1) is 6.67 Å². The van der Waals surface area contributed by atoms with E-state index in [1.807, 2.05) is 15.6 Å². The van der Waals surface area contributed by atoms with Crippen LogP contribution in [0, 0.1) is 10.7 Å². The Morgan fingerprint density at radius 1 is 1.10 bits per heavy atom. The monoisotopic (exact) mass is 311 g/mol. The summed E-state index contributed by atoms with van der Waals surface area (Å²) < 4.78 is 4.82. The maximum absolute atomic E-state index is 5.49. The highest BCUT2D eigenvalue weighted by molar-refractivity contribution is 7.71. The van der Waals surface area contributed by atoms with E-state index in [0.29, 0.717) is 6.04 Å². The molecule has 21 heavy (non-hydrogen) atoms. The molecular formula is C15H29N5S. The van der Waals surface area contributed by atoms with Gasteiger partial charge in [-0.05, 0) is 44.9 Å². The van der Waals surface area contributed by atoms with Crippen molar-refractivity contribution in [3.63, 3.8) is 0 Å². The lowest BCUT2D eigenvalue weighted by molar-refractivity contribution is 0.0992. The smallest absolute Gasteiger partial charge is 0.199 e. The van der Waals surface area contributed by atoms with Crippen molar-refractivity contribution in [2.75, 3.05) is 32.7 Å². The molecule has 0 N–H and O–H groups in total. The van der Waals surface area contributed by atoms with Crippen LogP contribution in [0.25, 0.3) is 0 Å². The molecule has 1 aromatic heterocycles. The van der Waals surface area contributed by atoms with Crippen LogP contribution in [-0.4, -0.2) is 56.9 Å². The summed E-state index contributed by atoms with van der Waals surface area (Å²) in [7, 11) is 0. The third-order valence-corrected chi connectivity index (χ3v) is 4.56. The van der Waals surface area contributed by atoms with Gasteiger partial charge in [0.15, 0.2) is 4.77 Å². The summed E-state index contributed by atoms with van der Waals surface area (Å²) in [6.45, 7) is 15.4. The first kappa shape index (κ1) is 16.6. The van der Waals surface area contributed by atoms with Crippen molar-refractivity contribution in [2.24, 2.45) is 5.92 Å². The van der Waals surface area contributed by atoms with Crippen molar-refractivity contribution >= 4 is 12.2 Å². The van der Waals surface area contributed by atoms with Crippen molar-refractivity contribution in [3.05, 3.63) is 11.1 Å². The highest BCUT2D eigenvalue weighted by Gasteiger charge is 2.18. The second kappa shape index (κ2) is 7.51. The second-order valence-electron chi connectivity index (χ2n) is 6.70. The van der Waals surface area contributed by atoms with Crippen molar-refractivity contribution in [2.45, 2.75) is 46.8 Å². The topological polar surface area (TPSA) is 29.2 Å². The summed E-state index contributed by atoms with van der Waals surface area (Å²) in [5, 5.41) is 4.43. The molecule has 0 radical (unpaired) electrons. The third-order valence-electron chi connectivity index (χ3n) is 4.13. The van der Waals surface area contributed by atoms with Crippen LogP contribution in [-0.2, 0) is 6.67 Å². The summed E-state index contributed by atoms with van der Waals surface area (Å²) in [4.78, 5) is 5.02. The Hall–Kier alpha value is -0.720. The van der Waals surface area contributed by atoms with E-state index in [0.717, 1.165) is 43.5 Å². The van der Waals surface area contributed by atoms with Crippen LogP contribution >= 0.6 is 12.2 Å². The van der Waals surface area contributed by atoms with Crippen LogP contribution in [0.15, 0.2) is 6.33 Å². The molecular weight excluding hydrogens is 282 g/mol. The van der Waals surface area contributed by atoms with E-state index in [1.165, 1.54) is 13.0 Å². The van der Waals surface area contributed by atoms with Crippen molar-refractivity contribution < 1.29 is 0 Å². The maximum atomic E-state index is 5.49. The molecule has 0 bridgehead atoms. The summed E-state index contributed by atoms with van der Waals surface area (Å²) in [6, 6.07) is 0.374. The predicted octanol–water partition coefficient (Wildman–Crippen LogP) is 2.62. The number of hydrogen-bond acceptors (Lipinski definition) is 4. The molecule has 0 aliphatic carbocycles. The maximum Gasteiger partial charge on any atom is 0.199 e. The average Bonchev–Trinajstić information content (AvgIpc) is 2.79. The first-order valence-electron chi connectivity index (χ1n) is 8.06. The first-order chi connectivity index (χ1) is 9.97. The highest BCUT2D eigenvalue weighted by atomic mass is 32.1. The molecule has 2 rings (SSSR count). The molecule has 0 aromatic carbocycles. The molecule has 120 valence electrons. The van der Waals surface area contributed by atoms with Gasteiger partial charge < -0.3 is 9.47 Å². The van der Waals surface area contributed by atoms with Crippen LogP contribution in [0.3, 0.4) is 0 Å². The van der Waals surface area contributed by atoms with Gasteiger partial charge in [0.25, 0.3) is 0 Å². The summed E-state index contributed by atoms with van der Waals surface area (Å²) >= 11 is 5.49. The van der Waals surface area contributed by atoms with E-state index in [9.17, 15) is 0 Å². The van der Waals surface area contributed by atoms with Gasteiger partial charge in [-0.25, -0.2) is 4.68 Å². The van der Waals surface area contributed by atoms with E-state index in [4.69, 9.17) is 12.2 Å². The fraction of sp³-hybridized carbons (Fsp3) is 0.867. The largest absolute Gasteiger partial charge is 0.304 e. The molecule has 1 aliphatic heterocycles. The zero-order valence-electron chi connectivity index (χ0n) is 13.8. The molecule has 5 nitrogen and oxygen atoms in total. The van der Waals surface area contributed by atoms with E-state index in [2.05, 4.69) is 42.6 Å². The predicted molar refractivity (Wildman–Crippen MR) is 88.9 cm³/mol. The Kier molecular flexibility index (Phi) is 5.96. The molecule has 1 fully saturated rings. The fourth-order valence-electron chi connectivity index (χ4n) is 2.59. The standard InChI is InChI=1S/C15H29N5S/c1-13(2)5-6-17-7-9-18(10-8-17)12-20-15(21)19(11-16-20)14(3)4/h11,13-14H,5-10,12H2,1-4H3. The fourth-order valence-corrected chi connectivity index (χ4v) is 2.95. The highest BCUT2D eigenvalue weighted by Crippen LogP contribution is 2.09. The number of nitrogens with zero attached hydrogens (tertiary/aromatic N) is 5. The zero-order valence-corrected chi connectivity index (χ0v) is 14.6. The van der Waals surface area contributed by atoms with Gasteiger partial charge in [-0.15, -0.1) is 0 Å². The Morgan fingerprint density at radius 2 is 1.71 bits per heavy atom. The zero-order chi connectivity index (χ0) is 15.4. The SMILES string of the molecule is CC(C)CCN1CCN(Cn2ncn(C(C)C)c2=S)CC1. The van der Waals surface area contributed by atoms with Gasteiger partial charge in [-0.2, -0.15) is 5.10 Å². The van der Waals surface area contributed by atoms with Gasteiger partial charge in [-0.3, -0.25) is 4.90 Å². The molecule has 0 spiro atoms. The van der Waals surface area contributed by atoms with Gasteiger partial charge >= 0.3 is 0 Å². The van der Waals surface area contributed by atoms with Crippen molar-refractivity contribution in [1.29, 1.82) is 0 Å². The minimum Gasteiger partial charge on any atom is -0.304 e. The lowest BCUT2D eigenvalue weighted by atomic mass is 10.1. The van der Waals surface area contributed by atoms with Crippen LogP contribution in [0.1, 0.15) is 40.2 Å². The normalized spacial score (nSPS) is 18.0. The molecule has 2 heterocycles. The van der Waals surface area contributed by atoms with E-state index >= 15 is 0 Å². The van der Waals surface area contributed by atoms with Gasteiger partial charge in [0, 0.05) is 32.2 Å². The van der Waals surface area contributed by atoms with Gasteiger partial charge in [-0.1, -0.05) is 13.8 Å². The quantitative estimate of drug-likeness (QED) is 0.755. The van der Waals surface area contributed by atoms with Crippen LogP contribution in [0.4, 0.5) is 0 Å². The van der Waals surface area contributed by atoms with Gasteiger partial charge in [0.2, 0.25) is 0 Å². The summed E-state index contributed by atoms with van der Waals surface area (Å²) in [6.07, 6.45) is 3.15. The van der Waals surface area contributed by atoms with Crippen molar-refractivity contribution in [1.82, 2.24) is 24.1 Å². The molecule has 0 atom stereocenters. The Bertz CT molecular complexity index is 482. The molecule has 0 unspecified atom stereocenters. The van der Waals surface area contributed by atoms with Crippen LogP contribution < -0.4 is 0 Å². The lowest BCUT2D eigenvalue weighted by Crippen LogP contribution is -2.47. The van der Waals surface area contributed by atoms with Crippen molar-refractivity contribution in [3.8, 4) is 0 Å². The number of rotatable bonds is 6. The van der Waals surface area contributed by atoms with E-state index in [1.54, 1.807) is 0 Å². The molecule has 1 saturated heterocycles. The number of aromatic nitrogens is 3. The van der Waals surface area contributed by atoms with Crippen LogP contribution in [0.2, 0.25) is 0 Å². The molecule has 1 aliphatic rings.